The third-order valence-corrected chi connectivity index (χ3v) is 5.99. The van der Waals surface area contributed by atoms with E-state index in [1.165, 1.54) is 11.1 Å². The summed E-state index contributed by atoms with van der Waals surface area (Å²) in [6.45, 7) is 2.02. The molecule has 0 unspecified atom stereocenters. The molecule has 4 rings (SSSR count). The van der Waals surface area contributed by atoms with Crippen molar-refractivity contribution in [1.82, 2.24) is 4.90 Å². The molecule has 0 saturated carbocycles. The summed E-state index contributed by atoms with van der Waals surface area (Å²) in [4.78, 5) is 2.52. The van der Waals surface area contributed by atoms with E-state index in [-0.39, 0.29) is 12.1 Å². The quantitative estimate of drug-likeness (QED) is 0.855. The molecule has 1 aliphatic carbocycles. The Morgan fingerprint density at radius 2 is 1.96 bits per heavy atom. The zero-order valence-electron chi connectivity index (χ0n) is 15.7. The summed E-state index contributed by atoms with van der Waals surface area (Å²) in [6, 6.07) is 14.7. The molecule has 0 spiro atoms. The van der Waals surface area contributed by atoms with Gasteiger partial charge in [0.25, 0.3) is 0 Å². The Balaban J connectivity index is 1.68. The second kappa shape index (κ2) is 8.09. The van der Waals surface area contributed by atoms with Crippen molar-refractivity contribution in [1.29, 1.82) is 0 Å². The number of hydrogen-bond acceptors (Lipinski definition) is 4. The first-order chi connectivity index (χ1) is 13.2. The summed E-state index contributed by atoms with van der Waals surface area (Å²) in [5, 5.41) is 0.641. The van der Waals surface area contributed by atoms with Gasteiger partial charge in [0.1, 0.15) is 6.10 Å². The number of methoxy groups -OCH3 is 1. The van der Waals surface area contributed by atoms with Crippen LogP contribution in [0.4, 0.5) is 0 Å². The number of nitrogens with two attached hydrogens (primary N) is 1. The molecular weight excluding hydrogens is 360 g/mol. The van der Waals surface area contributed by atoms with E-state index in [0.29, 0.717) is 16.8 Å². The zero-order chi connectivity index (χ0) is 18.8. The van der Waals surface area contributed by atoms with E-state index >= 15 is 0 Å². The molecule has 1 fully saturated rings. The average Bonchev–Trinajstić information content (AvgIpc) is 2.69. The lowest BCUT2D eigenvalue weighted by atomic mass is 9.84. The van der Waals surface area contributed by atoms with E-state index in [4.69, 9.17) is 26.8 Å². The maximum atomic E-state index is 6.59. The molecule has 2 aromatic carbocycles. The van der Waals surface area contributed by atoms with Gasteiger partial charge in [-0.3, -0.25) is 4.90 Å². The van der Waals surface area contributed by atoms with Crippen LogP contribution in [0.25, 0.3) is 0 Å². The van der Waals surface area contributed by atoms with Gasteiger partial charge in [-0.25, -0.2) is 0 Å². The van der Waals surface area contributed by atoms with Crippen LogP contribution in [-0.4, -0.2) is 37.2 Å². The Morgan fingerprint density at radius 3 is 2.78 bits per heavy atom. The SMILES string of the molecule is COc1cc(Cl)ccc1O[C@H]1c2ccccc2CC[C@@H]1N1CCC[C@H](N)C1. The number of likely N-dealkylation sites (tertiary alicyclic amines) is 1. The second-order valence-corrected chi connectivity index (χ2v) is 7.97. The van der Waals surface area contributed by atoms with Crippen molar-refractivity contribution in [2.75, 3.05) is 20.2 Å². The first-order valence-electron chi connectivity index (χ1n) is 9.73. The summed E-state index contributed by atoms with van der Waals surface area (Å²) in [7, 11) is 1.65. The molecule has 144 valence electrons. The van der Waals surface area contributed by atoms with Crippen LogP contribution in [-0.2, 0) is 6.42 Å². The predicted molar refractivity (Wildman–Crippen MR) is 109 cm³/mol. The lowest BCUT2D eigenvalue weighted by Crippen LogP contribution is -2.51. The number of rotatable bonds is 4. The summed E-state index contributed by atoms with van der Waals surface area (Å²) in [5.74, 6) is 1.40. The van der Waals surface area contributed by atoms with E-state index < -0.39 is 0 Å². The molecule has 27 heavy (non-hydrogen) atoms. The number of aryl methyl sites for hydroxylation is 1. The highest BCUT2D eigenvalue weighted by atomic mass is 35.5. The second-order valence-electron chi connectivity index (χ2n) is 7.54. The van der Waals surface area contributed by atoms with Gasteiger partial charge in [-0.15, -0.1) is 0 Å². The fourth-order valence-electron chi connectivity index (χ4n) is 4.43. The first kappa shape index (κ1) is 18.6. The third-order valence-electron chi connectivity index (χ3n) is 5.76. The highest BCUT2D eigenvalue weighted by Gasteiger charge is 2.37. The van der Waals surface area contributed by atoms with Gasteiger partial charge in [0.05, 0.1) is 13.2 Å². The first-order valence-corrected chi connectivity index (χ1v) is 10.1. The Bertz CT molecular complexity index is 798. The lowest BCUT2D eigenvalue weighted by molar-refractivity contribution is 0.0354. The highest BCUT2D eigenvalue weighted by Crippen LogP contribution is 2.40. The van der Waals surface area contributed by atoms with Gasteiger partial charge < -0.3 is 15.2 Å². The minimum atomic E-state index is -0.0460. The third kappa shape index (κ3) is 3.93. The molecule has 1 saturated heterocycles. The smallest absolute Gasteiger partial charge is 0.162 e. The zero-order valence-corrected chi connectivity index (χ0v) is 16.5. The average molecular weight is 387 g/mol. The molecule has 2 N–H and O–H groups in total. The van der Waals surface area contributed by atoms with Crippen molar-refractivity contribution in [2.45, 2.75) is 43.9 Å². The molecule has 1 aliphatic heterocycles. The molecule has 2 aliphatic rings. The van der Waals surface area contributed by atoms with Gasteiger partial charge in [-0.05, 0) is 55.5 Å². The van der Waals surface area contributed by atoms with E-state index in [2.05, 4.69) is 29.2 Å². The Morgan fingerprint density at radius 1 is 1.11 bits per heavy atom. The Labute approximate surface area is 166 Å². The number of ether oxygens (including phenoxy) is 2. The standard InChI is InChI=1S/C22H27ClN2O2/c1-26-21-13-16(23)9-11-20(21)27-22-18-7-3-2-5-15(18)8-10-19(22)25-12-4-6-17(24)14-25/h2-3,5,7,9,11,13,17,19,22H,4,6,8,10,12,14,24H2,1H3/t17-,19-,22-/m0/s1. The van der Waals surface area contributed by atoms with Crippen LogP contribution in [0.3, 0.4) is 0 Å². The molecule has 1 heterocycles. The van der Waals surface area contributed by atoms with Gasteiger partial charge in [0.15, 0.2) is 11.5 Å². The highest BCUT2D eigenvalue weighted by molar-refractivity contribution is 6.30. The van der Waals surface area contributed by atoms with E-state index in [1.807, 2.05) is 12.1 Å². The molecule has 5 heteroatoms. The fourth-order valence-corrected chi connectivity index (χ4v) is 4.60. The van der Waals surface area contributed by atoms with E-state index in [9.17, 15) is 0 Å². The van der Waals surface area contributed by atoms with Crippen molar-refractivity contribution < 1.29 is 9.47 Å². The van der Waals surface area contributed by atoms with Gasteiger partial charge in [-0.2, -0.15) is 0 Å². The minimum absolute atomic E-state index is 0.0460. The maximum absolute atomic E-state index is 6.59. The van der Waals surface area contributed by atoms with Gasteiger partial charge >= 0.3 is 0 Å². The van der Waals surface area contributed by atoms with Gasteiger partial charge in [0.2, 0.25) is 0 Å². The number of fused-ring (bicyclic) bond motifs is 1. The fraction of sp³-hybridized carbons (Fsp3) is 0.455. The van der Waals surface area contributed by atoms with Crippen LogP contribution in [0.1, 0.15) is 36.5 Å². The van der Waals surface area contributed by atoms with Crippen molar-refractivity contribution in [3.63, 3.8) is 0 Å². The van der Waals surface area contributed by atoms with Crippen LogP contribution >= 0.6 is 11.6 Å². The van der Waals surface area contributed by atoms with Crippen molar-refractivity contribution in [3.05, 3.63) is 58.6 Å². The number of hydrogen-bond donors (Lipinski definition) is 1. The molecule has 3 atom stereocenters. The number of nitrogens with zero attached hydrogens (tertiary/aromatic N) is 1. The summed E-state index contributed by atoms with van der Waals surface area (Å²) in [6.07, 6.45) is 4.36. The van der Waals surface area contributed by atoms with Crippen LogP contribution in [0.5, 0.6) is 11.5 Å². The molecule has 2 aromatic rings. The summed E-state index contributed by atoms with van der Waals surface area (Å²) in [5.41, 5.74) is 8.91. The van der Waals surface area contributed by atoms with Crippen LogP contribution in [0.15, 0.2) is 42.5 Å². The summed E-state index contributed by atoms with van der Waals surface area (Å²) < 4.78 is 12.1. The van der Waals surface area contributed by atoms with Crippen molar-refractivity contribution in [2.24, 2.45) is 5.73 Å². The molecule has 0 bridgehead atoms. The topological polar surface area (TPSA) is 47.7 Å². The summed E-state index contributed by atoms with van der Waals surface area (Å²) >= 11 is 6.13. The number of piperidine rings is 1. The molecule has 0 radical (unpaired) electrons. The van der Waals surface area contributed by atoms with E-state index in [1.54, 1.807) is 13.2 Å². The molecule has 4 nitrogen and oxygen atoms in total. The Kier molecular flexibility index (Phi) is 5.58. The number of benzene rings is 2. The monoisotopic (exact) mass is 386 g/mol. The minimum Gasteiger partial charge on any atom is -0.493 e. The predicted octanol–water partition coefficient (Wildman–Crippen LogP) is 4.21. The van der Waals surface area contributed by atoms with Crippen LogP contribution in [0.2, 0.25) is 5.02 Å². The van der Waals surface area contributed by atoms with Crippen LogP contribution < -0.4 is 15.2 Å². The van der Waals surface area contributed by atoms with E-state index in [0.717, 1.165) is 44.5 Å². The molecule has 0 amide bonds. The normalized spacial score (nSPS) is 25.7. The Hall–Kier alpha value is -1.75. The van der Waals surface area contributed by atoms with Gasteiger partial charge in [-0.1, -0.05) is 35.9 Å². The number of halogens is 1. The van der Waals surface area contributed by atoms with Gasteiger partial charge in [0, 0.05) is 23.7 Å². The van der Waals surface area contributed by atoms with Crippen LogP contribution in [0, 0.1) is 0 Å². The molecule has 0 aromatic heterocycles. The van der Waals surface area contributed by atoms with Crippen molar-refractivity contribution >= 4 is 11.6 Å². The largest absolute Gasteiger partial charge is 0.493 e. The lowest BCUT2D eigenvalue weighted by Gasteiger charge is -2.43. The maximum Gasteiger partial charge on any atom is 0.162 e. The van der Waals surface area contributed by atoms with Crippen molar-refractivity contribution in [3.8, 4) is 11.5 Å². The molecular formula is C22H27ClN2O2.